The normalized spacial score (nSPS) is 21.9. The van der Waals surface area contributed by atoms with Crippen LogP contribution in [0, 0.1) is 12.8 Å². The molecule has 0 fully saturated rings. The molecule has 0 heterocycles. The summed E-state index contributed by atoms with van der Waals surface area (Å²) in [6, 6.07) is 33.9. The summed E-state index contributed by atoms with van der Waals surface area (Å²) in [7, 11) is 0. The van der Waals surface area contributed by atoms with Gasteiger partial charge >= 0.3 is 0 Å². The SMILES string of the molecule is Cc1ccc2c(c1)C(c1ccccc1)(c1ccc3ccccc3c1)C1=CC(C)CC=C12. The first-order chi connectivity index (χ1) is 15.2. The largest absolute Gasteiger partial charge is 0.0760 e. The van der Waals surface area contributed by atoms with Crippen molar-refractivity contribution in [1.29, 1.82) is 0 Å². The van der Waals surface area contributed by atoms with Gasteiger partial charge in [-0.25, -0.2) is 0 Å². The van der Waals surface area contributed by atoms with E-state index >= 15 is 0 Å². The molecule has 0 aromatic heterocycles. The number of hydrogen-bond donors (Lipinski definition) is 0. The summed E-state index contributed by atoms with van der Waals surface area (Å²) in [5, 5.41) is 2.59. The van der Waals surface area contributed by atoms with Gasteiger partial charge in [-0.2, -0.15) is 0 Å². The van der Waals surface area contributed by atoms with Crippen molar-refractivity contribution < 1.29 is 0 Å². The fraction of sp³-hybridized carbons (Fsp3) is 0.161. The Kier molecular flexibility index (Phi) is 4.05. The molecular weight excluding hydrogens is 372 g/mol. The van der Waals surface area contributed by atoms with Crippen molar-refractivity contribution in [3.63, 3.8) is 0 Å². The molecule has 2 atom stereocenters. The number of allylic oxidation sites excluding steroid dienone is 4. The van der Waals surface area contributed by atoms with Gasteiger partial charge in [-0.15, -0.1) is 0 Å². The summed E-state index contributed by atoms with van der Waals surface area (Å²) in [5.41, 5.74) is 9.41. The maximum atomic E-state index is 2.53. The molecule has 0 radical (unpaired) electrons. The van der Waals surface area contributed by atoms with E-state index in [1.165, 1.54) is 49.7 Å². The average molecular weight is 399 g/mol. The molecule has 2 aliphatic carbocycles. The molecule has 0 saturated carbocycles. The van der Waals surface area contributed by atoms with Gasteiger partial charge in [-0.05, 0) is 69.5 Å². The predicted molar refractivity (Wildman–Crippen MR) is 131 cm³/mol. The number of aryl methyl sites for hydroxylation is 1. The van der Waals surface area contributed by atoms with E-state index in [4.69, 9.17) is 0 Å². The third kappa shape index (κ3) is 2.61. The van der Waals surface area contributed by atoms with Gasteiger partial charge in [0.1, 0.15) is 0 Å². The van der Waals surface area contributed by atoms with Crippen molar-refractivity contribution in [2.45, 2.75) is 25.7 Å². The van der Waals surface area contributed by atoms with E-state index in [0.29, 0.717) is 5.92 Å². The van der Waals surface area contributed by atoms with E-state index in [9.17, 15) is 0 Å². The molecule has 0 nitrogen and oxygen atoms in total. The van der Waals surface area contributed by atoms with Gasteiger partial charge in [0, 0.05) is 0 Å². The Balaban J connectivity index is 1.78. The van der Waals surface area contributed by atoms with Crippen molar-refractivity contribution in [3.05, 3.63) is 137 Å². The first kappa shape index (κ1) is 18.4. The van der Waals surface area contributed by atoms with Crippen LogP contribution < -0.4 is 0 Å². The van der Waals surface area contributed by atoms with Crippen LogP contribution in [0.15, 0.2) is 109 Å². The molecule has 0 spiro atoms. The average Bonchev–Trinajstić information content (AvgIpc) is 3.08. The molecular formula is C31H26. The Morgan fingerprint density at radius 3 is 2.35 bits per heavy atom. The molecule has 0 aliphatic heterocycles. The van der Waals surface area contributed by atoms with Crippen LogP contribution >= 0.6 is 0 Å². The fourth-order valence-corrected chi connectivity index (χ4v) is 5.69. The number of hydrogen-bond acceptors (Lipinski definition) is 0. The summed E-state index contributed by atoms with van der Waals surface area (Å²) in [6.45, 7) is 4.55. The van der Waals surface area contributed by atoms with Gasteiger partial charge in [-0.1, -0.05) is 110 Å². The van der Waals surface area contributed by atoms with Gasteiger partial charge in [-0.3, -0.25) is 0 Å². The molecule has 150 valence electrons. The van der Waals surface area contributed by atoms with Gasteiger partial charge in [0.05, 0.1) is 5.41 Å². The number of fused-ring (bicyclic) bond motifs is 4. The zero-order valence-electron chi connectivity index (χ0n) is 18.1. The van der Waals surface area contributed by atoms with Crippen LogP contribution in [0.2, 0.25) is 0 Å². The van der Waals surface area contributed by atoms with Crippen LogP contribution in [0.5, 0.6) is 0 Å². The molecule has 31 heavy (non-hydrogen) atoms. The number of rotatable bonds is 2. The minimum absolute atomic E-state index is 0.285. The highest BCUT2D eigenvalue weighted by atomic mass is 14.5. The van der Waals surface area contributed by atoms with Crippen LogP contribution in [0.3, 0.4) is 0 Å². The molecule has 6 rings (SSSR count). The monoisotopic (exact) mass is 398 g/mol. The zero-order valence-corrected chi connectivity index (χ0v) is 18.1. The lowest BCUT2D eigenvalue weighted by molar-refractivity contribution is 0.695. The second kappa shape index (κ2) is 6.82. The summed E-state index contributed by atoms with van der Waals surface area (Å²) < 4.78 is 0. The summed E-state index contributed by atoms with van der Waals surface area (Å²) >= 11 is 0. The van der Waals surface area contributed by atoms with Crippen molar-refractivity contribution in [2.75, 3.05) is 0 Å². The van der Waals surface area contributed by atoms with E-state index in [-0.39, 0.29) is 5.41 Å². The molecule has 0 heteroatoms. The molecule has 2 unspecified atom stereocenters. The minimum atomic E-state index is -0.285. The van der Waals surface area contributed by atoms with E-state index in [2.05, 4.69) is 117 Å². The topological polar surface area (TPSA) is 0 Å². The highest BCUT2D eigenvalue weighted by Gasteiger charge is 2.48. The van der Waals surface area contributed by atoms with Crippen LogP contribution in [0.4, 0.5) is 0 Å². The minimum Gasteiger partial charge on any atom is -0.0760 e. The third-order valence-electron chi connectivity index (χ3n) is 7.10. The van der Waals surface area contributed by atoms with Gasteiger partial charge < -0.3 is 0 Å². The fourth-order valence-electron chi connectivity index (χ4n) is 5.69. The Morgan fingerprint density at radius 2 is 1.52 bits per heavy atom. The van der Waals surface area contributed by atoms with Gasteiger partial charge in [0.25, 0.3) is 0 Å². The van der Waals surface area contributed by atoms with Crippen molar-refractivity contribution in [1.82, 2.24) is 0 Å². The Hall–Kier alpha value is -3.38. The molecule has 0 amide bonds. The molecule has 4 aromatic rings. The highest BCUT2D eigenvalue weighted by molar-refractivity contribution is 5.96. The molecule has 4 aromatic carbocycles. The number of benzene rings is 4. The lowest BCUT2D eigenvalue weighted by atomic mass is 9.66. The van der Waals surface area contributed by atoms with Crippen molar-refractivity contribution >= 4 is 16.3 Å². The van der Waals surface area contributed by atoms with Crippen molar-refractivity contribution in [2.24, 2.45) is 5.92 Å². The molecule has 0 bridgehead atoms. The van der Waals surface area contributed by atoms with Crippen LogP contribution in [-0.4, -0.2) is 0 Å². The maximum Gasteiger partial charge on any atom is 0.0710 e. The summed E-state index contributed by atoms with van der Waals surface area (Å²) in [5.74, 6) is 0.540. The van der Waals surface area contributed by atoms with Gasteiger partial charge in [0.2, 0.25) is 0 Å². The van der Waals surface area contributed by atoms with E-state index in [1.807, 2.05) is 0 Å². The van der Waals surface area contributed by atoms with E-state index in [0.717, 1.165) is 6.42 Å². The first-order valence-corrected chi connectivity index (χ1v) is 11.3. The van der Waals surface area contributed by atoms with Crippen LogP contribution in [0.1, 0.15) is 41.2 Å². The smallest absolute Gasteiger partial charge is 0.0710 e. The highest BCUT2D eigenvalue weighted by Crippen LogP contribution is 2.59. The zero-order chi connectivity index (χ0) is 21.0. The quantitative estimate of drug-likeness (QED) is 0.322. The lowest BCUT2D eigenvalue weighted by Gasteiger charge is -2.36. The van der Waals surface area contributed by atoms with Gasteiger partial charge in [0.15, 0.2) is 0 Å². The van der Waals surface area contributed by atoms with E-state index in [1.54, 1.807) is 0 Å². The second-order valence-corrected chi connectivity index (χ2v) is 9.14. The van der Waals surface area contributed by atoms with Crippen molar-refractivity contribution in [3.8, 4) is 0 Å². The van der Waals surface area contributed by atoms with E-state index < -0.39 is 0 Å². The molecule has 0 saturated heterocycles. The summed E-state index contributed by atoms with van der Waals surface area (Å²) in [6.07, 6.45) is 6.11. The maximum absolute atomic E-state index is 2.53. The Bertz CT molecular complexity index is 1370. The standard InChI is InChI=1S/C31H26/c1-21-12-16-27-28-17-13-22(2)19-30(28)31(29(27)18-21,25-10-4-3-5-11-25)26-15-14-23-8-6-7-9-24(23)20-26/h3-12,14-20,22H,13H2,1-2H3. The summed E-state index contributed by atoms with van der Waals surface area (Å²) in [4.78, 5) is 0. The van der Waals surface area contributed by atoms with Crippen LogP contribution in [0.25, 0.3) is 16.3 Å². The second-order valence-electron chi connectivity index (χ2n) is 9.14. The first-order valence-electron chi connectivity index (χ1n) is 11.3. The molecule has 2 aliphatic rings. The van der Waals surface area contributed by atoms with Crippen LogP contribution in [-0.2, 0) is 5.41 Å². The Morgan fingerprint density at radius 1 is 0.742 bits per heavy atom. The lowest BCUT2D eigenvalue weighted by Crippen LogP contribution is -2.29. The third-order valence-corrected chi connectivity index (χ3v) is 7.10. The molecule has 0 N–H and O–H groups in total. The predicted octanol–water partition coefficient (Wildman–Crippen LogP) is 7.85. The Labute approximate surface area is 184 Å².